The van der Waals surface area contributed by atoms with Gasteiger partial charge < -0.3 is 29.9 Å². The second kappa shape index (κ2) is 17.9. The van der Waals surface area contributed by atoms with Crippen molar-refractivity contribution in [2.45, 2.75) is 154 Å². The predicted molar refractivity (Wildman–Crippen MR) is 253 cm³/mol. The van der Waals surface area contributed by atoms with Crippen LogP contribution in [-0.4, -0.2) is 103 Å². The lowest BCUT2D eigenvalue weighted by molar-refractivity contribution is -0.228. The molecule has 9 rings (SSSR count). The summed E-state index contributed by atoms with van der Waals surface area (Å²) in [7, 11) is 0. The first-order valence-electron chi connectivity index (χ1n) is 25.3. The third-order valence-electron chi connectivity index (χ3n) is 19.8. The van der Waals surface area contributed by atoms with E-state index in [0.29, 0.717) is 56.1 Å². The number of ketones is 4. The minimum atomic E-state index is -2.06. The van der Waals surface area contributed by atoms with Gasteiger partial charge in [-0.05, 0) is 120 Å². The minimum absolute atomic E-state index is 0.0769. The summed E-state index contributed by atoms with van der Waals surface area (Å²) in [5, 5.41) is 42.9. The van der Waals surface area contributed by atoms with Crippen molar-refractivity contribution >= 4 is 35.1 Å². The van der Waals surface area contributed by atoms with Gasteiger partial charge in [-0.1, -0.05) is 82.5 Å². The van der Waals surface area contributed by atoms with Crippen LogP contribution in [-0.2, 0) is 33.4 Å². The molecule has 1 aromatic rings. The third kappa shape index (κ3) is 6.91. The summed E-state index contributed by atoms with van der Waals surface area (Å²) in [4.78, 5) is 76.9. The van der Waals surface area contributed by atoms with Crippen molar-refractivity contribution in [2.75, 3.05) is 13.2 Å². The monoisotopic (exact) mass is 972 g/mol. The SMILES string of the molecule is CCCCC(=O)O[C@]1(C(=O)CO)[C@@H](C)C[C@H]2[C@@H]3CCC4=CC(=O)C=C[C@]4(C)[C@@]3(F)[C@@H](O)C[C@@]21C.C[C@H]1C[C@H]2[C@@H]3CCC4=CC(=O)C=C[C@]4(C)[C@@]3(F)[C@@H](O)C[C@]2(C)[C@@]1(OC(=O)c1ccccc1)C(=O)CO. The fraction of sp³-hybridized carbons (Fsp3) is 0.643. The molecule has 4 N–H and O–H groups in total. The van der Waals surface area contributed by atoms with Crippen molar-refractivity contribution < 1.29 is 67.4 Å². The van der Waals surface area contributed by atoms with Crippen LogP contribution in [0.4, 0.5) is 8.78 Å². The molecule has 0 radical (unpaired) electrons. The Morgan fingerprint density at radius 3 is 1.51 bits per heavy atom. The van der Waals surface area contributed by atoms with Gasteiger partial charge in [0.05, 0.1) is 17.8 Å². The number of allylic oxidation sites excluding steroid dienone is 8. The highest BCUT2D eigenvalue weighted by Gasteiger charge is 2.79. The van der Waals surface area contributed by atoms with E-state index in [2.05, 4.69) is 0 Å². The smallest absolute Gasteiger partial charge is 0.339 e. The number of hydrogen-bond acceptors (Lipinski definition) is 12. The molecule has 0 amide bonds. The van der Waals surface area contributed by atoms with E-state index in [1.807, 2.05) is 20.8 Å². The average molecular weight is 973 g/mol. The zero-order valence-corrected chi connectivity index (χ0v) is 41.5. The lowest BCUT2D eigenvalue weighted by atomic mass is 9.44. The van der Waals surface area contributed by atoms with Crippen LogP contribution in [0.25, 0.3) is 0 Å². The average Bonchev–Trinajstić information content (AvgIpc) is 3.68. The molecule has 0 unspecified atom stereocenters. The number of unbranched alkanes of at least 4 members (excludes halogenated alkanes) is 1. The fourth-order valence-electron chi connectivity index (χ4n) is 16.4. The van der Waals surface area contributed by atoms with Gasteiger partial charge in [-0.2, -0.15) is 0 Å². The van der Waals surface area contributed by atoms with Gasteiger partial charge in [0.1, 0.15) is 13.2 Å². The van der Waals surface area contributed by atoms with Crippen molar-refractivity contribution in [2.24, 2.45) is 57.2 Å². The van der Waals surface area contributed by atoms with Gasteiger partial charge in [-0.25, -0.2) is 13.6 Å². The zero-order chi connectivity index (χ0) is 51.2. The molecule has 380 valence electrons. The molecule has 0 heterocycles. The molecule has 6 fully saturated rings. The molecule has 8 aliphatic rings. The summed E-state index contributed by atoms with van der Waals surface area (Å²) in [5.74, 6) is -5.64. The summed E-state index contributed by atoms with van der Waals surface area (Å²) in [6.45, 7) is 11.1. The lowest BCUT2D eigenvalue weighted by Crippen LogP contribution is -2.70. The van der Waals surface area contributed by atoms with E-state index in [1.54, 1.807) is 70.2 Å². The Hall–Kier alpha value is -4.50. The summed E-state index contributed by atoms with van der Waals surface area (Å²) >= 11 is 0. The minimum Gasteiger partial charge on any atom is -0.450 e. The molecule has 0 aromatic heterocycles. The van der Waals surface area contributed by atoms with Gasteiger partial charge >= 0.3 is 11.9 Å². The van der Waals surface area contributed by atoms with Crippen molar-refractivity contribution in [3.05, 3.63) is 83.5 Å². The topological polar surface area (TPSA) is 202 Å². The molecule has 14 heteroatoms. The number of aliphatic hydroxyl groups excluding tert-OH is 4. The molecule has 12 nitrogen and oxygen atoms in total. The van der Waals surface area contributed by atoms with Gasteiger partial charge in [0.2, 0.25) is 11.6 Å². The van der Waals surface area contributed by atoms with E-state index >= 15 is 8.78 Å². The highest BCUT2D eigenvalue weighted by molar-refractivity contribution is 6.02. The number of esters is 2. The highest BCUT2D eigenvalue weighted by Crippen LogP contribution is 2.73. The van der Waals surface area contributed by atoms with E-state index < -0.39 is 117 Å². The van der Waals surface area contributed by atoms with E-state index in [0.717, 1.165) is 6.42 Å². The standard InChI is InChI=1S/C29H33FO6.C27H37FO6/c1-17-13-22-21-10-9-19-14-20(32)11-12-26(19,2)28(21,30)23(33)15-27(22,3)29(17,24(34)16-31)36-25(35)18-7-5-4-6-8-18;1-5-6-7-23(33)34-27(22(32)15-29)16(2)12-20-19-9-8-17-13-18(30)10-11-24(17,3)26(19,28)21(31)14-25(20,27)4/h4-8,11-12,14,17,21-23,31,33H,9-10,13,15-16H2,1-3H3;10-11,13,16,19-21,29,31H,5-9,12,14-15H2,1-4H3/t17-,21-,22-,23-,26-,27-,28-,29-;16-,19-,20-,21-,24-,25-,26-,27-/m00/s1. The Bertz CT molecular complexity index is 2470. The molecule has 0 saturated heterocycles. The number of aliphatic hydroxyl groups is 4. The number of fused-ring (bicyclic) bond motifs is 10. The van der Waals surface area contributed by atoms with E-state index in [4.69, 9.17) is 9.47 Å². The summed E-state index contributed by atoms with van der Waals surface area (Å²) in [6.07, 6.45) is 10.1. The number of rotatable bonds is 10. The van der Waals surface area contributed by atoms with E-state index in [1.165, 1.54) is 24.3 Å². The lowest BCUT2D eigenvalue weighted by Gasteiger charge is -2.62. The maximum atomic E-state index is 17.4. The van der Waals surface area contributed by atoms with Crippen LogP contribution in [0.1, 0.15) is 129 Å². The number of carbonyl (C=O) groups excluding carboxylic acids is 6. The van der Waals surface area contributed by atoms with Crippen LogP contribution in [0, 0.1) is 57.2 Å². The first-order valence-corrected chi connectivity index (χ1v) is 25.3. The number of Topliss-reactive ketones (excluding diaryl/α,β-unsaturated/α-hetero) is 2. The van der Waals surface area contributed by atoms with Crippen LogP contribution in [0.5, 0.6) is 0 Å². The molecule has 0 spiro atoms. The molecule has 6 saturated carbocycles. The molecule has 8 aliphatic carbocycles. The Morgan fingerprint density at radius 1 is 0.671 bits per heavy atom. The maximum Gasteiger partial charge on any atom is 0.339 e. The van der Waals surface area contributed by atoms with Gasteiger partial charge in [-0.15, -0.1) is 0 Å². The first kappa shape index (κ1) is 51.8. The van der Waals surface area contributed by atoms with E-state index in [-0.39, 0.29) is 48.2 Å². The second-order valence-electron chi connectivity index (χ2n) is 22.8. The predicted octanol–water partition coefficient (Wildman–Crippen LogP) is 7.40. The van der Waals surface area contributed by atoms with Gasteiger partial charge in [0, 0.05) is 51.8 Å². The Balaban J connectivity index is 0.000000189. The third-order valence-corrected chi connectivity index (χ3v) is 19.8. The van der Waals surface area contributed by atoms with E-state index in [9.17, 15) is 49.2 Å². The summed E-state index contributed by atoms with van der Waals surface area (Å²) in [6, 6.07) is 8.33. The molecular weight excluding hydrogens is 903 g/mol. The quantitative estimate of drug-likeness (QED) is 0.170. The van der Waals surface area contributed by atoms with Gasteiger partial charge in [0.15, 0.2) is 34.1 Å². The van der Waals surface area contributed by atoms with Gasteiger partial charge in [0.25, 0.3) is 0 Å². The summed E-state index contributed by atoms with van der Waals surface area (Å²) in [5.41, 5.74) is -10.2. The van der Waals surface area contributed by atoms with Crippen molar-refractivity contribution in [1.29, 1.82) is 0 Å². The normalized spacial score (nSPS) is 44.1. The molecule has 0 bridgehead atoms. The van der Waals surface area contributed by atoms with Crippen LogP contribution < -0.4 is 0 Å². The Kier molecular flexibility index (Phi) is 13.3. The molecule has 16 atom stereocenters. The van der Waals surface area contributed by atoms with Crippen LogP contribution in [0.15, 0.2) is 77.9 Å². The van der Waals surface area contributed by atoms with Crippen LogP contribution in [0.2, 0.25) is 0 Å². The molecule has 70 heavy (non-hydrogen) atoms. The molecular formula is C56H70F2O12. The Morgan fingerprint density at radius 2 is 1.10 bits per heavy atom. The molecule has 0 aliphatic heterocycles. The largest absolute Gasteiger partial charge is 0.450 e. The number of hydrogen-bond donors (Lipinski definition) is 4. The van der Waals surface area contributed by atoms with Crippen molar-refractivity contribution in [3.63, 3.8) is 0 Å². The zero-order valence-electron chi connectivity index (χ0n) is 41.5. The van der Waals surface area contributed by atoms with Crippen LogP contribution in [0.3, 0.4) is 0 Å². The second-order valence-corrected chi connectivity index (χ2v) is 22.8. The number of ether oxygens (including phenoxy) is 2. The van der Waals surface area contributed by atoms with Crippen molar-refractivity contribution in [1.82, 2.24) is 0 Å². The number of benzene rings is 1. The highest BCUT2D eigenvalue weighted by atomic mass is 19.1. The number of halogens is 2. The number of carbonyl (C=O) groups is 6. The van der Waals surface area contributed by atoms with Gasteiger partial charge in [-0.3, -0.25) is 24.0 Å². The summed E-state index contributed by atoms with van der Waals surface area (Å²) < 4.78 is 46.7. The maximum absolute atomic E-state index is 17.4. The van der Waals surface area contributed by atoms with Crippen molar-refractivity contribution in [3.8, 4) is 0 Å². The fourth-order valence-corrected chi connectivity index (χ4v) is 16.4. The molecule has 1 aromatic carbocycles. The first-order chi connectivity index (χ1) is 32.9. The number of alkyl halides is 2. The Labute approximate surface area is 409 Å². The van der Waals surface area contributed by atoms with Crippen LogP contribution >= 0.6 is 0 Å².